The van der Waals surface area contributed by atoms with Crippen LogP contribution in [-0.4, -0.2) is 33.7 Å². The number of nitrogens with one attached hydrogen (secondary N) is 2. The van der Waals surface area contributed by atoms with Gasteiger partial charge < -0.3 is 10.1 Å². The van der Waals surface area contributed by atoms with Crippen molar-refractivity contribution in [2.24, 2.45) is 0 Å². The van der Waals surface area contributed by atoms with Crippen LogP contribution in [0.15, 0.2) is 52.3 Å². The molecule has 1 amide bonds. The Labute approximate surface area is 176 Å². The third-order valence-corrected chi connectivity index (χ3v) is 7.24. The number of ether oxygens (including phenoxy) is 1. The van der Waals surface area contributed by atoms with E-state index in [1.54, 1.807) is 23.9 Å². The molecule has 1 saturated carbocycles. The molecule has 2 N–H and O–H groups in total. The molecule has 0 heterocycles. The van der Waals surface area contributed by atoms with E-state index in [-0.39, 0.29) is 28.2 Å². The Morgan fingerprint density at radius 2 is 1.86 bits per heavy atom. The molecule has 29 heavy (non-hydrogen) atoms. The summed E-state index contributed by atoms with van der Waals surface area (Å²) in [5.41, 5.74) is 0.909. The van der Waals surface area contributed by atoms with Crippen LogP contribution in [0.5, 0.6) is 5.75 Å². The predicted octanol–water partition coefficient (Wildman–Crippen LogP) is 4.28. The lowest BCUT2D eigenvalue weighted by atomic mass is 9.96. The molecular formula is C21H26N2O4S2. The van der Waals surface area contributed by atoms with E-state index in [0.717, 1.165) is 37.0 Å². The van der Waals surface area contributed by atoms with Crippen LogP contribution >= 0.6 is 11.8 Å². The fourth-order valence-corrected chi connectivity index (χ4v) is 5.39. The van der Waals surface area contributed by atoms with Crippen LogP contribution in [0, 0.1) is 0 Å². The van der Waals surface area contributed by atoms with Crippen LogP contribution in [0.1, 0.15) is 42.5 Å². The molecule has 6 nitrogen and oxygen atoms in total. The zero-order chi connectivity index (χ0) is 20.9. The number of hydrogen-bond donors (Lipinski definition) is 2. The minimum atomic E-state index is -3.80. The van der Waals surface area contributed by atoms with Gasteiger partial charge >= 0.3 is 0 Å². The minimum Gasteiger partial charge on any atom is -0.495 e. The van der Waals surface area contributed by atoms with E-state index in [4.69, 9.17) is 4.74 Å². The van der Waals surface area contributed by atoms with E-state index in [2.05, 4.69) is 10.0 Å². The first-order valence-corrected chi connectivity index (χ1v) is 12.3. The van der Waals surface area contributed by atoms with Crippen molar-refractivity contribution < 1.29 is 17.9 Å². The summed E-state index contributed by atoms with van der Waals surface area (Å²) in [6.45, 7) is 0. The largest absolute Gasteiger partial charge is 0.495 e. The van der Waals surface area contributed by atoms with Gasteiger partial charge in [0.1, 0.15) is 10.6 Å². The van der Waals surface area contributed by atoms with Gasteiger partial charge in [-0.1, -0.05) is 25.3 Å². The number of amides is 1. The lowest BCUT2D eigenvalue weighted by Gasteiger charge is -2.23. The van der Waals surface area contributed by atoms with Gasteiger partial charge in [-0.25, -0.2) is 13.1 Å². The molecule has 0 saturated heterocycles. The number of carbonyl (C=O) groups excluding carboxylic acids is 1. The molecule has 0 aromatic heterocycles. The Bertz CT molecular complexity index is 970. The van der Waals surface area contributed by atoms with E-state index >= 15 is 0 Å². The van der Waals surface area contributed by atoms with Crippen molar-refractivity contribution in [3.63, 3.8) is 0 Å². The number of sulfonamides is 1. The second-order valence-corrected chi connectivity index (χ2v) is 9.57. The number of rotatable bonds is 7. The Morgan fingerprint density at radius 3 is 2.55 bits per heavy atom. The summed E-state index contributed by atoms with van der Waals surface area (Å²) in [5, 5.41) is 2.82. The fourth-order valence-electron chi connectivity index (χ4n) is 3.44. The molecule has 0 atom stereocenters. The van der Waals surface area contributed by atoms with Crippen molar-refractivity contribution in [2.75, 3.05) is 18.7 Å². The Hall–Kier alpha value is -2.03. The van der Waals surface area contributed by atoms with Crippen LogP contribution in [0.2, 0.25) is 0 Å². The van der Waals surface area contributed by atoms with Crippen molar-refractivity contribution in [1.29, 1.82) is 0 Å². The van der Waals surface area contributed by atoms with Crippen LogP contribution in [0.25, 0.3) is 0 Å². The topological polar surface area (TPSA) is 84.5 Å². The predicted molar refractivity (Wildman–Crippen MR) is 116 cm³/mol. The van der Waals surface area contributed by atoms with Crippen molar-refractivity contribution in [3.05, 3.63) is 48.0 Å². The normalized spacial score (nSPS) is 15.1. The molecule has 0 unspecified atom stereocenters. The minimum absolute atomic E-state index is 0.0175. The third kappa shape index (κ3) is 5.52. The number of hydrogen-bond acceptors (Lipinski definition) is 5. The molecule has 0 radical (unpaired) electrons. The summed E-state index contributed by atoms with van der Waals surface area (Å²) in [7, 11) is -2.38. The van der Waals surface area contributed by atoms with E-state index in [9.17, 15) is 13.2 Å². The maximum absolute atomic E-state index is 13.0. The zero-order valence-electron chi connectivity index (χ0n) is 16.6. The first-order valence-electron chi connectivity index (χ1n) is 9.59. The highest BCUT2D eigenvalue weighted by molar-refractivity contribution is 7.98. The lowest BCUT2D eigenvalue weighted by Crippen LogP contribution is -2.36. The highest BCUT2D eigenvalue weighted by Gasteiger charge is 2.26. The summed E-state index contributed by atoms with van der Waals surface area (Å²) in [6, 6.07) is 11.9. The molecule has 2 aromatic carbocycles. The summed E-state index contributed by atoms with van der Waals surface area (Å²) in [6.07, 6.45) is 6.78. The van der Waals surface area contributed by atoms with Gasteiger partial charge in [-0.3, -0.25) is 4.79 Å². The summed E-state index contributed by atoms with van der Waals surface area (Å²) < 4.78 is 34.0. The molecule has 1 aliphatic rings. The van der Waals surface area contributed by atoms with Crippen molar-refractivity contribution >= 4 is 33.4 Å². The molecule has 0 bridgehead atoms. The van der Waals surface area contributed by atoms with Gasteiger partial charge in [0.05, 0.1) is 7.11 Å². The summed E-state index contributed by atoms with van der Waals surface area (Å²) >= 11 is 1.58. The Morgan fingerprint density at radius 1 is 1.10 bits per heavy atom. The number of anilines is 1. The first-order chi connectivity index (χ1) is 13.9. The van der Waals surface area contributed by atoms with E-state index in [1.807, 2.05) is 24.5 Å². The second kappa shape index (κ2) is 9.65. The molecule has 0 aliphatic heterocycles. The summed E-state index contributed by atoms with van der Waals surface area (Å²) in [4.78, 5) is 13.7. The third-order valence-electron chi connectivity index (χ3n) is 4.97. The molecule has 1 fully saturated rings. The maximum Gasteiger partial charge on any atom is 0.255 e. The van der Waals surface area contributed by atoms with E-state index in [1.165, 1.54) is 19.2 Å². The molecule has 156 valence electrons. The number of methoxy groups -OCH3 is 1. The highest BCUT2D eigenvalue weighted by atomic mass is 32.2. The molecule has 2 aromatic rings. The maximum atomic E-state index is 13.0. The average molecular weight is 435 g/mol. The van der Waals surface area contributed by atoms with Crippen LogP contribution in [0.3, 0.4) is 0 Å². The summed E-state index contributed by atoms with van der Waals surface area (Å²) in [5.74, 6) is -0.158. The van der Waals surface area contributed by atoms with Gasteiger partial charge in [0, 0.05) is 22.2 Å². The smallest absolute Gasteiger partial charge is 0.255 e. The van der Waals surface area contributed by atoms with Crippen molar-refractivity contribution in [3.8, 4) is 5.75 Å². The van der Waals surface area contributed by atoms with Gasteiger partial charge in [0.15, 0.2) is 0 Å². The van der Waals surface area contributed by atoms with Crippen molar-refractivity contribution in [2.45, 2.75) is 47.9 Å². The van der Waals surface area contributed by atoms with Crippen LogP contribution in [-0.2, 0) is 10.0 Å². The molecular weight excluding hydrogens is 408 g/mol. The number of thioether (sulfide) groups is 1. The van der Waals surface area contributed by atoms with Crippen LogP contribution < -0.4 is 14.8 Å². The number of carbonyl (C=O) groups is 1. The average Bonchev–Trinajstić information content (AvgIpc) is 2.73. The fraction of sp³-hybridized carbons (Fsp3) is 0.381. The van der Waals surface area contributed by atoms with E-state index in [0.29, 0.717) is 5.69 Å². The molecule has 1 aliphatic carbocycles. The Kier molecular flexibility index (Phi) is 7.21. The van der Waals surface area contributed by atoms with Crippen molar-refractivity contribution in [1.82, 2.24) is 4.72 Å². The Balaban J connectivity index is 1.84. The standard InChI is InChI=1S/C21H26N2O4S2/c1-27-19-12-11-15(21(24)22-17-9-6-10-18(14-17)28-2)13-20(19)29(25,26)23-16-7-4-3-5-8-16/h6,9-14,16,23H,3-5,7-8H2,1-2H3,(H,22,24). The molecule has 8 heteroatoms. The SMILES string of the molecule is COc1ccc(C(=O)Nc2cccc(SC)c2)cc1S(=O)(=O)NC1CCCCC1. The highest BCUT2D eigenvalue weighted by Crippen LogP contribution is 2.27. The van der Waals surface area contributed by atoms with Gasteiger partial charge in [0.25, 0.3) is 5.91 Å². The second-order valence-electron chi connectivity index (χ2n) is 7.01. The van der Waals surface area contributed by atoms with Gasteiger partial charge in [0.2, 0.25) is 10.0 Å². The zero-order valence-corrected chi connectivity index (χ0v) is 18.2. The lowest BCUT2D eigenvalue weighted by molar-refractivity contribution is 0.102. The first kappa shape index (κ1) is 21.7. The van der Waals surface area contributed by atoms with Gasteiger partial charge in [-0.05, 0) is 55.5 Å². The number of benzene rings is 2. The van der Waals surface area contributed by atoms with Gasteiger partial charge in [-0.2, -0.15) is 0 Å². The monoisotopic (exact) mass is 434 g/mol. The van der Waals surface area contributed by atoms with E-state index < -0.39 is 10.0 Å². The quantitative estimate of drug-likeness (QED) is 0.636. The van der Waals surface area contributed by atoms with Crippen LogP contribution in [0.4, 0.5) is 5.69 Å². The molecule has 0 spiro atoms. The molecule has 3 rings (SSSR count). The van der Waals surface area contributed by atoms with Gasteiger partial charge in [-0.15, -0.1) is 11.8 Å².